The minimum Gasteiger partial charge on any atom is -0.458 e. The molecule has 0 aliphatic rings. The van der Waals surface area contributed by atoms with E-state index in [1.165, 1.54) is 6.08 Å². The molecule has 0 saturated heterocycles. The Morgan fingerprint density at radius 2 is 1.71 bits per heavy atom. The highest BCUT2D eigenvalue weighted by Gasteiger charge is 2.11. The molecule has 0 N–H and O–H groups in total. The maximum atomic E-state index is 12.7. The first kappa shape index (κ1) is 15.7. The van der Waals surface area contributed by atoms with Gasteiger partial charge >= 0.3 is 5.97 Å². The maximum absolute atomic E-state index is 12.7. The van der Waals surface area contributed by atoms with Crippen molar-refractivity contribution in [3.05, 3.63) is 89.6 Å². The number of fused-ring (bicyclic) bond motifs is 2. The fourth-order valence-corrected chi connectivity index (χ4v) is 2.61. The van der Waals surface area contributed by atoms with Crippen LogP contribution in [0.3, 0.4) is 0 Å². The highest BCUT2D eigenvalue weighted by Crippen LogP contribution is 2.21. The van der Waals surface area contributed by atoms with Gasteiger partial charge < -0.3 is 4.74 Å². The van der Waals surface area contributed by atoms with Crippen LogP contribution in [0.25, 0.3) is 27.1 Å². The number of hydrogen-bond donors (Lipinski definition) is 0. The van der Waals surface area contributed by atoms with Crippen LogP contribution in [0.1, 0.15) is 5.56 Å². The quantitative estimate of drug-likeness (QED) is 0.413. The summed E-state index contributed by atoms with van der Waals surface area (Å²) in [7, 11) is 0. The van der Waals surface area contributed by atoms with Crippen molar-refractivity contribution < 1.29 is 9.53 Å². The molecule has 0 aliphatic carbocycles. The van der Waals surface area contributed by atoms with Crippen molar-refractivity contribution in [3.8, 4) is 0 Å². The van der Waals surface area contributed by atoms with Gasteiger partial charge in [-0.05, 0) is 28.5 Å². The lowest BCUT2D eigenvalue weighted by Crippen LogP contribution is -2.06. The highest BCUT2D eigenvalue weighted by atomic mass is 16.5. The van der Waals surface area contributed by atoms with E-state index in [9.17, 15) is 9.59 Å². The third-order valence-electron chi connectivity index (χ3n) is 3.87. The van der Waals surface area contributed by atoms with E-state index >= 15 is 0 Å². The Kier molecular flexibility index (Phi) is 4.25. The first-order valence-corrected chi connectivity index (χ1v) is 7.55. The zero-order chi connectivity index (χ0) is 17.1. The Labute approximate surface area is 139 Å². The molecular formula is C21H16O3. The Morgan fingerprint density at radius 1 is 1.00 bits per heavy atom. The second-order valence-electron chi connectivity index (χ2n) is 5.42. The molecule has 3 aromatic carbocycles. The summed E-state index contributed by atoms with van der Waals surface area (Å²) in [5.74, 6) is -0.498. The molecule has 0 heterocycles. The van der Waals surface area contributed by atoms with E-state index in [1.807, 2.05) is 36.4 Å². The monoisotopic (exact) mass is 316 g/mol. The van der Waals surface area contributed by atoms with Crippen molar-refractivity contribution in [2.24, 2.45) is 0 Å². The fourth-order valence-electron chi connectivity index (χ4n) is 2.61. The first-order chi connectivity index (χ1) is 11.6. The van der Waals surface area contributed by atoms with Crippen LogP contribution < -0.4 is 5.43 Å². The van der Waals surface area contributed by atoms with Crippen LogP contribution in [0.2, 0.25) is 0 Å². The smallest absolute Gasteiger partial charge is 0.338 e. The summed E-state index contributed by atoms with van der Waals surface area (Å²) in [4.78, 5) is 24.6. The van der Waals surface area contributed by atoms with Crippen molar-refractivity contribution in [2.45, 2.75) is 0 Å². The van der Waals surface area contributed by atoms with Crippen molar-refractivity contribution in [1.82, 2.24) is 0 Å². The first-order valence-electron chi connectivity index (χ1n) is 7.55. The topological polar surface area (TPSA) is 43.4 Å². The molecule has 0 saturated carbocycles. The second-order valence-corrected chi connectivity index (χ2v) is 5.42. The normalized spacial score (nSPS) is 10.5. The van der Waals surface area contributed by atoms with Gasteiger partial charge in [-0.25, -0.2) is 4.79 Å². The number of hydrogen-bond acceptors (Lipinski definition) is 3. The van der Waals surface area contributed by atoms with Crippen LogP contribution in [-0.4, -0.2) is 12.6 Å². The van der Waals surface area contributed by atoms with E-state index in [2.05, 4.69) is 13.2 Å². The number of carbonyl (C=O) groups excluding carboxylic acids is 1. The van der Waals surface area contributed by atoms with Gasteiger partial charge in [0.2, 0.25) is 0 Å². The van der Waals surface area contributed by atoms with E-state index in [-0.39, 0.29) is 17.6 Å². The van der Waals surface area contributed by atoms with Crippen molar-refractivity contribution in [3.63, 3.8) is 0 Å². The molecule has 0 spiro atoms. The van der Waals surface area contributed by atoms with Gasteiger partial charge in [0, 0.05) is 10.8 Å². The van der Waals surface area contributed by atoms with Gasteiger partial charge in [0.15, 0.2) is 5.43 Å². The number of rotatable bonds is 4. The average molecular weight is 316 g/mol. The summed E-state index contributed by atoms with van der Waals surface area (Å²) < 4.78 is 5.01. The van der Waals surface area contributed by atoms with E-state index < -0.39 is 5.97 Å². The molecule has 0 aromatic heterocycles. The molecule has 0 unspecified atom stereocenters. The average Bonchev–Trinajstić information content (AvgIpc) is 2.76. The van der Waals surface area contributed by atoms with E-state index in [4.69, 9.17) is 4.74 Å². The molecule has 0 bridgehead atoms. The largest absolute Gasteiger partial charge is 0.458 e. The van der Waals surface area contributed by atoms with Crippen LogP contribution >= 0.6 is 0 Å². The van der Waals surface area contributed by atoms with E-state index in [0.29, 0.717) is 16.3 Å². The maximum Gasteiger partial charge on any atom is 0.338 e. The lowest BCUT2D eigenvalue weighted by Gasteiger charge is -2.06. The summed E-state index contributed by atoms with van der Waals surface area (Å²) in [6.45, 7) is 7.43. The van der Waals surface area contributed by atoms with E-state index in [0.717, 1.165) is 10.8 Å². The van der Waals surface area contributed by atoms with Crippen LogP contribution in [0.15, 0.2) is 78.6 Å². The van der Waals surface area contributed by atoms with Gasteiger partial charge in [-0.2, -0.15) is 0 Å². The van der Waals surface area contributed by atoms with Crippen LogP contribution in [-0.2, 0) is 9.53 Å². The third-order valence-corrected chi connectivity index (χ3v) is 3.87. The summed E-state index contributed by atoms with van der Waals surface area (Å²) in [6, 6.07) is 16.5. The Morgan fingerprint density at radius 3 is 2.50 bits per heavy atom. The molecule has 0 atom stereocenters. The Bertz CT molecular complexity index is 1030. The molecule has 3 heteroatoms. The molecule has 0 aliphatic heterocycles. The molecule has 3 nitrogen and oxygen atoms in total. The molecule has 0 radical (unpaired) electrons. The number of benzene rings is 2. The minimum absolute atomic E-state index is 0.0306. The fraction of sp³-hybridized carbons (Fsp3) is 0.0476. The summed E-state index contributed by atoms with van der Waals surface area (Å²) in [5.41, 5.74) is 0.852. The van der Waals surface area contributed by atoms with Gasteiger partial charge in [0.05, 0.1) is 5.57 Å². The standard InChI is InChI=1S/C21H16O3/c1-3-12-24-21(23)14(2)16-10-11-19-17(13-16)9-8-15-6-4-5-7-18(15)20(19)22/h3-11,13H,1-2,12H2. The van der Waals surface area contributed by atoms with Crippen molar-refractivity contribution in [1.29, 1.82) is 0 Å². The van der Waals surface area contributed by atoms with Gasteiger partial charge in [-0.3, -0.25) is 4.79 Å². The SMILES string of the molecule is C=CCOC(=O)C(=C)c1ccc2c(=O)c3ccccc3ccc2c1. The van der Waals surface area contributed by atoms with Gasteiger partial charge in [0.25, 0.3) is 0 Å². The van der Waals surface area contributed by atoms with Crippen molar-refractivity contribution >= 4 is 33.1 Å². The van der Waals surface area contributed by atoms with Crippen LogP contribution in [0, 0.1) is 0 Å². The zero-order valence-electron chi connectivity index (χ0n) is 13.1. The number of esters is 1. The summed E-state index contributed by atoms with van der Waals surface area (Å²) >= 11 is 0. The molecule has 118 valence electrons. The Hall–Kier alpha value is -3.20. The minimum atomic E-state index is -0.498. The second kappa shape index (κ2) is 6.50. The molecular weight excluding hydrogens is 300 g/mol. The predicted octanol–water partition coefficient (Wildman–Crippen LogP) is 4.10. The van der Waals surface area contributed by atoms with Crippen LogP contribution in [0.4, 0.5) is 0 Å². The molecule has 0 amide bonds. The molecule has 24 heavy (non-hydrogen) atoms. The summed E-state index contributed by atoms with van der Waals surface area (Å²) in [5, 5.41) is 2.91. The Balaban J connectivity index is 2.14. The predicted molar refractivity (Wildman–Crippen MR) is 97.9 cm³/mol. The third kappa shape index (κ3) is 2.84. The van der Waals surface area contributed by atoms with Gasteiger partial charge in [0.1, 0.15) is 6.61 Å². The number of carbonyl (C=O) groups is 1. The lowest BCUT2D eigenvalue weighted by atomic mass is 10.0. The lowest BCUT2D eigenvalue weighted by molar-refractivity contribution is -0.135. The molecule has 3 aromatic rings. The zero-order valence-corrected chi connectivity index (χ0v) is 13.1. The van der Waals surface area contributed by atoms with E-state index in [1.54, 1.807) is 18.2 Å². The van der Waals surface area contributed by atoms with Crippen LogP contribution in [0.5, 0.6) is 0 Å². The van der Waals surface area contributed by atoms with Crippen molar-refractivity contribution in [2.75, 3.05) is 6.61 Å². The van der Waals surface area contributed by atoms with Gasteiger partial charge in [-0.15, -0.1) is 0 Å². The highest BCUT2D eigenvalue weighted by molar-refractivity contribution is 6.16. The summed E-state index contributed by atoms with van der Waals surface area (Å²) in [6.07, 6.45) is 1.50. The molecule has 0 fully saturated rings. The van der Waals surface area contributed by atoms with Gasteiger partial charge in [-0.1, -0.05) is 61.7 Å². The number of ether oxygens (including phenoxy) is 1. The molecule has 3 rings (SSSR count).